The zero-order valence-corrected chi connectivity index (χ0v) is 10.4. The molecule has 0 aliphatic carbocycles. The maximum absolute atomic E-state index is 11.9. The lowest BCUT2D eigenvalue weighted by Crippen LogP contribution is -2.38. The van der Waals surface area contributed by atoms with Gasteiger partial charge in [-0.1, -0.05) is 0 Å². The minimum absolute atomic E-state index is 0.200. The fourth-order valence-corrected chi connectivity index (χ4v) is 2.33. The standard InChI is InChI=1S/C11H14N4O5/c16-4-7-6(17)1-8(20-7)15-3-5-2-12-10(18)13-9(5)14-11(15)19/h3,6-8,16-17H,1-2,4H2,(H2,12,13,14,18,19)/t6-,7+,8+/m0/s1. The van der Waals surface area contributed by atoms with E-state index in [1.54, 1.807) is 0 Å². The average molecular weight is 282 g/mol. The van der Waals surface area contributed by atoms with Gasteiger partial charge in [-0.2, -0.15) is 4.98 Å². The lowest BCUT2D eigenvalue weighted by molar-refractivity contribution is -0.0459. The van der Waals surface area contributed by atoms with Crippen molar-refractivity contribution in [3.05, 3.63) is 22.2 Å². The zero-order valence-electron chi connectivity index (χ0n) is 10.4. The lowest BCUT2D eigenvalue weighted by atomic mass is 10.2. The molecule has 20 heavy (non-hydrogen) atoms. The quantitative estimate of drug-likeness (QED) is 0.524. The number of rotatable bonds is 2. The van der Waals surface area contributed by atoms with Gasteiger partial charge in [0, 0.05) is 24.7 Å². The van der Waals surface area contributed by atoms with Gasteiger partial charge in [0.1, 0.15) is 18.1 Å². The van der Waals surface area contributed by atoms with E-state index in [2.05, 4.69) is 15.6 Å². The highest BCUT2D eigenvalue weighted by molar-refractivity contribution is 5.90. The Labute approximate surface area is 113 Å². The molecule has 1 saturated heterocycles. The van der Waals surface area contributed by atoms with Gasteiger partial charge in [0.25, 0.3) is 0 Å². The summed E-state index contributed by atoms with van der Waals surface area (Å²) in [6.45, 7) is -0.0600. The van der Waals surface area contributed by atoms with Crippen LogP contribution in [0.5, 0.6) is 0 Å². The summed E-state index contributed by atoms with van der Waals surface area (Å²) in [4.78, 5) is 26.9. The van der Waals surface area contributed by atoms with E-state index in [9.17, 15) is 14.7 Å². The van der Waals surface area contributed by atoms with E-state index in [1.807, 2.05) is 0 Å². The Morgan fingerprint density at radius 3 is 3.00 bits per heavy atom. The average Bonchev–Trinajstić information content (AvgIpc) is 2.79. The first-order chi connectivity index (χ1) is 9.58. The number of aliphatic hydroxyl groups is 2. The Hall–Kier alpha value is -1.97. The van der Waals surface area contributed by atoms with Crippen molar-refractivity contribution in [2.75, 3.05) is 11.9 Å². The first kappa shape index (κ1) is 13.0. The molecule has 0 radical (unpaired) electrons. The van der Waals surface area contributed by atoms with E-state index in [-0.39, 0.29) is 25.4 Å². The Morgan fingerprint density at radius 1 is 1.50 bits per heavy atom. The second-order valence-electron chi connectivity index (χ2n) is 4.73. The number of ether oxygens (including phenoxy) is 1. The van der Waals surface area contributed by atoms with Crippen LogP contribution in [0.25, 0.3) is 0 Å². The van der Waals surface area contributed by atoms with E-state index in [0.29, 0.717) is 5.56 Å². The Kier molecular flexibility index (Phi) is 3.16. The zero-order chi connectivity index (χ0) is 14.3. The Balaban J connectivity index is 1.92. The largest absolute Gasteiger partial charge is 0.394 e. The van der Waals surface area contributed by atoms with Gasteiger partial charge in [0.05, 0.1) is 12.7 Å². The molecule has 1 aromatic heterocycles. The van der Waals surface area contributed by atoms with Gasteiger partial charge < -0.3 is 20.3 Å². The van der Waals surface area contributed by atoms with E-state index in [1.165, 1.54) is 10.8 Å². The smallest absolute Gasteiger partial charge is 0.351 e. The molecule has 0 spiro atoms. The predicted molar refractivity (Wildman–Crippen MR) is 66.0 cm³/mol. The van der Waals surface area contributed by atoms with Crippen molar-refractivity contribution < 1.29 is 19.7 Å². The number of hydrogen-bond acceptors (Lipinski definition) is 6. The topological polar surface area (TPSA) is 126 Å². The summed E-state index contributed by atoms with van der Waals surface area (Å²) in [7, 11) is 0. The van der Waals surface area contributed by atoms with Crippen molar-refractivity contribution in [3.8, 4) is 0 Å². The molecule has 0 saturated carbocycles. The molecule has 9 nitrogen and oxygen atoms in total. The monoisotopic (exact) mass is 282 g/mol. The summed E-state index contributed by atoms with van der Waals surface area (Å²) in [5.74, 6) is 0.229. The fourth-order valence-electron chi connectivity index (χ4n) is 2.33. The van der Waals surface area contributed by atoms with Crippen molar-refractivity contribution in [3.63, 3.8) is 0 Å². The molecular weight excluding hydrogens is 268 g/mol. The molecule has 2 aliphatic rings. The molecule has 9 heteroatoms. The van der Waals surface area contributed by atoms with Gasteiger partial charge in [-0.05, 0) is 0 Å². The summed E-state index contributed by atoms with van der Waals surface area (Å²) in [6.07, 6.45) is -0.476. The maximum atomic E-state index is 11.9. The van der Waals surface area contributed by atoms with Gasteiger partial charge >= 0.3 is 11.7 Å². The molecule has 108 valence electrons. The number of carbonyl (C=O) groups is 1. The number of amides is 2. The number of nitrogens with zero attached hydrogens (tertiary/aromatic N) is 2. The third-order valence-corrected chi connectivity index (χ3v) is 3.39. The van der Waals surface area contributed by atoms with Crippen LogP contribution < -0.4 is 16.3 Å². The highest BCUT2D eigenvalue weighted by atomic mass is 16.5. The molecular formula is C11H14N4O5. The third-order valence-electron chi connectivity index (χ3n) is 3.39. The number of urea groups is 1. The van der Waals surface area contributed by atoms with E-state index in [4.69, 9.17) is 9.84 Å². The summed E-state index contributed by atoms with van der Waals surface area (Å²) in [5.41, 5.74) is 0.0662. The number of hydrogen-bond donors (Lipinski definition) is 4. The predicted octanol–water partition coefficient (Wildman–Crippen LogP) is -1.48. The van der Waals surface area contributed by atoms with Crippen molar-refractivity contribution in [2.45, 2.75) is 31.4 Å². The van der Waals surface area contributed by atoms with Crippen LogP contribution in [0.3, 0.4) is 0 Å². The number of aliphatic hydroxyl groups excluding tert-OH is 2. The Morgan fingerprint density at radius 2 is 2.30 bits per heavy atom. The summed E-state index contributed by atoms with van der Waals surface area (Å²) in [6, 6.07) is -0.407. The van der Waals surface area contributed by atoms with Crippen LogP contribution in [0.1, 0.15) is 18.2 Å². The molecule has 0 unspecified atom stereocenters. The van der Waals surface area contributed by atoms with Gasteiger partial charge in [0.2, 0.25) is 0 Å². The van der Waals surface area contributed by atoms with Crippen LogP contribution in [0.15, 0.2) is 11.0 Å². The number of carbonyl (C=O) groups excluding carboxylic acids is 1. The van der Waals surface area contributed by atoms with Gasteiger partial charge in [-0.3, -0.25) is 9.88 Å². The van der Waals surface area contributed by atoms with Crippen LogP contribution in [0.2, 0.25) is 0 Å². The molecule has 0 aromatic carbocycles. The normalized spacial score (nSPS) is 28.7. The van der Waals surface area contributed by atoms with Crippen LogP contribution in [0, 0.1) is 0 Å². The fraction of sp³-hybridized carbons (Fsp3) is 0.545. The summed E-state index contributed by atoms with van der Waals surface area (Å²) in [5, 5.41) is 23.8. The molecule has 3 heterocycles. The van der Waals surface area contributed by atoms with Crippen LogP contribution in [-0.2, 0) is 11.3 Å². The van der Waals surface area contributed by atoms with Crippen LogP contribution in [0.4, 0.5) is 10.6 Å². The molecule has 4 N–H and O–H groups in total. The second kappa shape index (κ2) is 4.85. The number of fused-ring (bicyclic) bond motifs is 1. The molecule has 2 amide bonds. The maximum Gasteiger partial charge on any atom is 0.351 e. The highest BCUT2D eigenvalue weighted by Crippen LogP contribution is 2.28. The van der Waals surface area contributed by atoms with Crippen molar-refractivity contribution in [1.29, 1.82) is 0 Å². The van der Waals surface area contributed by atoms with E-state index >= 15 is 0 Å². The molecule has 3 rings (SSSR count). The number of anilines is 1. The number of nitrogens with one attached hydrogen (secondary N) is 2. The van der Waals surface area contributed by atoms with Crippen LogP contribution in [-0.4, -0.2) is 44.6 Å². The summed E-state index contributed by atoms with van der Waals surface area (Å²) < 4.78 is 6.68. The lowest BCUT2D eigenvalue weighted by Gasteiger charge is -2.20. The molecule has 2 aliphatic heterocycles. The molecule has 1 fully saturated rings. The first-order valence-electron chi connectivity index (χ1n) is 6.20. The second-order valence-corrected chi connectivity index (χ2v) is 4.73. The molecule has 0 bridgehead atoms. The van der Waals surface area contributed by atoms with Crippen molar-refractivity contribution >= 4 is 11.8 Å². The van der Waals surface area contributed by atoms with Gasteiger partial charge in [-0.25, -0.2) is 9.59 Å². The molecule has 1 aromatic rings. The van der Waals surface area contributed by atoms with Gasteiger partial charge in [-0.15, -0.1) is 0 Å². The van der Waals surface area contributed by atoms with E-state index in [0.717, 1.165) is 0 Å². The summed E-state index contributed by atoms with van der Waals surface area (Å²) >= 11 is 0. The van der Waals surface area contributed by atoms with E-state index < -0.39 is 30.2 Å². The highest BCUT2D eigenvalue weighted by Gasteiger charge is 2.35. The Bertz CT molecular complexity index is 601. The SMILES string of the molecule is O=C1NCc2cn([C@H]3C[C@H](O)[C@@H](CO)O3)c(=O)nc2N1. The minimum Gasteiger partial charge on any atom is -0.394 e. The minimum atomic E-state index is -0.828. The van der Waals surface area contributed by atoms with Crippen molar-refractivity contribution in [1.82, 2.24) is 14.9 Å². The number of aromatic nitrogens is 2. The van der Waals surface area contributed by atoms with Gasteiger partial charge in [0.15, 0.2) is 0 Å². The van der Waals surface area contributed by atoms with Crippen LogP contribution >= 0.6 is 0 Å². The van der Waals surface area contributed by atoms with Crippen molar-refractivity contribution in [2.24, 2.45) is 0 Å². The molecule has 3 atom stereocenters. The first-order valence-corrected chi connectivity index (χ1v) is 6.20. The third kappa shape index (κ3) is 2.15.